The van der Waals surface area contributed by atoms with Crippen molar-refractivity contribution in [1.29, 1.82) is 0 Å². The molecule has 0 spiro atoms. The van der Waals surface area contributed by atoms with E-state index in [-0.39, 0.29) is 0 Å². The standard InChI is InChI=1S/C18H32N2/c1-12-3-4-20(11-17(12)19)13(2)18-8-14-5-15(9-18)7-16(6-14)10-18/h12-17H,3-11,19H2,1-2H3. The Morgan fingerprint density at radius 3 is 2.10 bits per heavy atom. The van der Waals surface area contributed by atoms with Crippen LogP contribution < -0.4 is 5.73 Å². The number of likely N-dealkylation sites (tertiary alicyclic amines) is 1. The second-order valence-electron chi connectivity index (χ2n) is 8.88. The van der Waals surface area contributed by atoms with E-state index in [9.17, 15) is 0 Å². The number of rotatable bonds is 2. The Kier molecular flexibility index (Phi) is 3.20. The van der Waals surface area contributed by atoms with Gasteiger partial charge in [0.15, 0.2) is 0 Å². The largest absolute Gasteiger partial charge is 0.326 e. The van der Waals surface area contributed by atoms with Crippen molar-refractivity contribution in [3.63, 3.8) is 0 Å². The first-order valence-electron chi connectivity index (χ1n) is 9.05. The molecule has 114 valence electrons. The molecule has 2 N–H and O–H groups in total. The van der Waals surface area contributed by atoms with Crippen LogP contribution in [-0.2, 0) is 0 Å². The predicted molar refractivity (Wildman–Crippen MR) is 83.4 cm³/mol. The van der Waals surface area contributed by atoms with Gasteiger partial charge < -0.3 is 5.73 Å². The molecule has 1 saturated heterocycles. The van der Waals surface area contributed by atoms with Crippen LogP contribution in [0.15, 0.2) is 0 Å². The van der Waals surface area contributed by atoms with Crippen molar-refractivity contribution in [2.45, 2.75) is 70.9 Å². The first kappa shape index (κ1) is 13.6. The number of hydrogen-bond donors (Lipinski definition) is 1. The van der Waals surface area contributed by atoms with E-state index in [0.29, 0.717) is 11.5 Å². The van der Waals surface area contributed by atoms with Gasteiger partial charge >= 0.3 is 0 Å². The van der Waals surface area contributed by atoms with Gasteiger partial charge in [-0.05, 0) is 87.5 Å². The van der Waals surface area contributed by atoms with E-state index < -0.39 is 0 Å². The molecule has 4 saturated carbocycles. The third-order valence-corrected chi connectivity index (χ3v) is 7.57. The van der Waals surface area contributed by atoms with Crippen LogP contribution >= 0.6 is 0 Å². The predicted octanol–water partition coefficient (Wildman–Crippen LogP) is 3.26. The van der Waals surface area contributed by atoms with Crippen LogP contribution in [0.2, 0.25) is 0 Å². The number of nitrogens with two attached hydrogens (primary N) is 1. The van der Waals surface area contributed by atoms with Crippen LogP contribution in [-0.4, -0.2) is 30.1 Å². The van der Waals surface area contributed by atoms with Gasteiger partial charge in [0.2, 0.25) is 0 Å². The molecule has 5 rings (SSSR count). The lowest BCUT2D eigenvalue weighted by atomic mass is 9.47. The van der Waals surface area contributed by atoms with Gasteiger partial charge in [0, 0.05) is 18.6 Å². The minimum Gasteiger partial charge on any atom is -0.326 e. The van der Waals surface area contributed by atoms with E-state index in [0.717, 1.165) is 36.3 Å². The molecule has 0 radical (unpaired) electrons. The normalized spacial score (nSPS) is 53.2. The first-order chi connectivity index (χ1) is 9.56. The van der Waals surface area contributed by atoms with Crippen molar-refractivity contribution in [2.24, 2.45) is 34.8 Å². The Morgan fingerprint density at radius 2 is 1.60 bits per heavy atom. The molecule has 0 amide bonds. The van der Waals surface area contributed by atoms with Crippen LogP contribution in [0.3, 0.4) is 0 Å². The van der Waals surface area contributed by atoms with Gasteiger partial charge in [0.25, 0.3) is 0 Å². The average molecular weight is 276 g/mol. The maximum Gasteiger partial charge on any atom is 0.0194 e. The summed E-state index contributed by atoms with van der Waals surface area (Å²) >= 11 is 0. The number of piperidine rings is 1. The number of hydrogen-bond acceptors (Lipinski definition) is 2. The second kappa shape index (κ2) is 4.71. The summed E-state index contributed by atoms with van der Waals surface area (Å²) in [5.74, 6) is 3.93. The fourth-order valence-electron chi connectivity index (χ4n) is 6.55. The van der Waals surface area contributed by atoms with Crippen molar-refractivity contribution in [3.05, 3.63) is 0 Å². The van der Waals surface area contributed by atoms with Crippen LogP contribution in [0, 0.1) is 29.1 Å². The third-order valence-electron chi connectivity index (χ3n) is 7.57. The summed E-state index contributed by atoms with van der Waals surface area (Å²) in [4.78, 5) is 2.76. The van der Waals surface area contributed by atoms with Crippen LogP contribution in [0.25, 0.3) is 0 Å². The van der Waals surface area contributed by atoms with Crippen LogP contribution in [0.4, 0.5) is 0 Å². The van der Waals surface area contributed by atoms with E-state index in [1.54, 1.807) is 19.3 Å². The van der Waals surface area contributed by atoms with Gasteiger partial charge in [0.1, 0.15) is 0 Å². The summed E-state index contributed by atoms with van der Waals surface area (Å²) in [6.45, 7) is 7.30. The van der Waals surface area contributed by atoms with Crippen molar-refractivity contribution in [3.8, 4) is 0 Å². The second-order valence-corrected chi connectivity index (χ2v) is 8.88. The van der Waals surface area contributed by atoms with E-state index in [2.05, 4.69) is 18.7 Å². The molecule has 5 fully saturated rings. The lowest BCUT2D eigenvalue weighted by molar-refractivity contribution is -0.102. The van der Waals surface area contributed by atoms with Crippen molar-refractivity contribution in [1.82, 2.24) is 4.90 Å². The van der Waals surface area contributed by atoms with Crippen molar-refractivity contribution < 1.29 is 0 Å². The SMILES string of the molecule is CC1CCN(C(C)C23CC4CC(CC(C4)C2)C3)CC1N. The van der Waals surface area contributed by atoms with Gasteiger partial charge in [-0.2, -0.15) is 0 Å². The van der Waals surface area contributed by atoms with E-state index in [4.69, 9.17) is 5.73 Å². The maximum atomic E-state index is 6.36. The van der Waals surface area contributed by atoms with Crippen LogP contribution in [0.1, 0.15) is 58.8 Å². The highest BCUT2D eigenvalue weighted by molar-refractivity contribution is 5.06. The van der Waals surface area contributed by atoms with Gasteiger partial charge in [-0.3, -0.25) is 4.90 Å². The molecule has 3 unspecified atom stereocenters. The monoisotopic (exact) mass is 276 g/mol. The van der Waals surface area contributed by atoms with Crippen LogP contribution in [0.5, 0.6) is 0 Å². The van der Waals surface area contributed by atoms with E-state index in [1.165, 1.54) is 32.2 Å². The highest BCUT2D eigenvalue weighted by Crippen LogP contribution is 2.62. The Hall–Kier alpha value is -0.0800. The molecular formula is C18H32N2. The number of nitrogens with zero attached hydrogens (tertiary/aromatic N) is 1. The zero-order valence-electron chi connectivity index (χ0n) is 13.4. The van der Waals surface area contributed by atoms with Gasteiger partial charge in [-0.25, -0.2) is 0 Å². The van der Waals surface area contributed by atoms with E-state index >= 15 is 0 Å². The highest BCUT2D eigenvalue weighted by atomic mass is 15.2. The molecule has 3 atom stereocenters. The Bertz CT molecular complexity index is 342. The summed E-state index contributed by atoms with van der Waals surface area (Å²) in [5, 5.41) is 0. The summed E-state index contributed by atoms with van der Waals surface area (Å²) in [7, 11) is 0. The third kappa shape index (κ3) is 2.06. The molecule has 20 heavy (non-hydrogen) atoms. The molecule has 0 aromatic rings. The summed E-state index contributed by atoms with van der Waals surface area (Å²) in [5.41, 5.74) is 7.02. The molecule has 2 nitrogen and oxygen atoms in total. The van der Waals surface area contributed by atoms with Gasteiger partial charge in [-0.15, -0.1) is 0 Å². The molecule has 5 aliphatic rings. The maximum absolute atomic E-state index is 6.36. The quantitative estimate of drug-likeness (QED) is 0.839. The highest BCUT2D eigenvalue weighted by Gasteiger charge is 2.54. The van der Waals surface area contributed by atoms with Crippen molar-refractivity contribution >= 4 is 0 Å². The summed E-state index contributed by atoms with van der Waals surface area (Å²) in [6.07, 6.45) is 10.6. The molecule has 2 heteroatoms. The molecule has 4 aliphatic carbocycles. The zero-order chi connectivity index (χ0) is 13.9. The fraction of sp³-hybridized carbons (Fsp3) is 1.00. The van der Waals surface area contributed by atoms with E-state index in [1.807, 2.05) is 0 Å². The Morgan fingerprint density at radius 1 is 1.05 bits per heavy atom. The fourth-order valence-corrected chi connectivity index (χ4v) is 6.55. The zero-order valence-corrected chi connectivity index (χ0v) is 13.4. The smallest absolute Gasteiger partial charge is 0.0194 e. The van der Waals surface area contributed by atoms with Gasteiger partial charge in [0.05, 0.1) is 0 Å². The van der Waals surface area contributed by atoms with Crippen molar-refractivity contribution in [2.75, 3.05) is 13.1 Å². The minimum absolute atomic E-state index is 0.403. The lowest BCUT2D eigenvalue weighted by Crippen LogP contribution is -2.59. The molecule has 0 aromatic heterocycles. The first-order valence-corrected chi connectivity index (χ1v) is 9.05. The topological polar surface area (TPSA) is 29.3 Å². The Labute approximate surface area is 124 Å². The minimum atomic E-state index is 0.403. The summed E-state index contributed by atoms with van der Waals surface area (Å²) < 4.78 is 0. The molecule has 0 aromatic carbocycles. The molecule has 4 bridgehead atoms. The average Bonchev–Trinajstić information content (AvgIpc) is 2.39. The molecular weight excluding hydrogens is 244 g/mol. The Balaban J connectivity index is 1.52. The molecule has 1 heterocycles. The lowest BCUT2D eigenvalue weighted by Gasteiger charge is -2.61. The summed E-state index contributed by atoms with van der Waals surface area (Å²) in [6, 6.07) is 1.18. The molecule has 1 aliphatic heterocycles. The van der Waals surface area contributed by atoms with Gasteiger partial charge in [-0.1, -0.05) is 6.92 Å².